The van der Waals surface area contributed by atoms with E-state index in [0.717, 1.165) is 41.7 Å². The quantitative estimate of drug-likeness (QED) is 0.541. The number of rotatable bonds is 6. The molecule has 6 heteroatoms. The zero-order valence-electron chi connectivity index (χ0n) is 20.5. The highest BCUT2D eigenvalue weighted by atomic mass is 32.2. The third-order valence-corrected chi connectivity index (χ3v) is 8.08. The van der Waals surface area contributed by atoms with Gasteiger partial charge < -0.3 is 9.80 Å². The second-order valence-corrected chi connectivity index (χ2v) is 10.8. The first-order chi connectivity index (χ1) is 17.0. The monoisotopic (exact) mass is 487 g/mol. The minimum atomic E-state index is -0.408. The summed E-state index contributed by atoms with van der Waals surface area (Å²) in [7, 11) is 0. The molecule has 1 spiro atoms. The molecule has 1 atom stereocenters. The zero-order chi connectivity index (χ0) is 24.4. The number of piperidine rings is 1. The SMILES string of the molecule is CSCCC1NC2(CCN(C(=O)c3cccc(C)c3)CC2)N(Cc2ccc3ccccc3c2)C1=O. The van der Waals surface area contributed by atoms with Crippen molar-refractivity contribution in [1.29, 1.82) is 0 Å². The third kappa shape index (κ3) is 4.82. The van der Waals surface area contributed by atoms with Crippen LogP contribution in [0, 0.1) is 6.92 Å². The first kappa shape index (κ1) is 23.9. The van der Waals surface area contributed by atoms with Gasteiger partial charge in [-0.25, -0.2) is 0 Å². The van der Waals surface area contributed by atoms with E-state index in [1.54, 1.807) is 11.8 Å². The summed E-state index contributed by atoms with van der Waals surface area (Å²) in [6, 6.07) is 22.4. The van der Waals surface area contributed by atoms with Gasteiger partial charge >= 0.3 is 0 Å². The molecule has 2 aliphatic heterocycles. The van der Waals surface area contributed by atoms with Crippen LogP contribution >= 0.6 is 11.8 Å². The Labute approximate surface area is 211 Å². The maximum atomic E-state index is 13.6. The number of aryl methyl sites for hydroxylation is 1. The molecular weight excluding hydrogens is 454 g/mol. The van der Waals surface area contributed by atoms with E-state index in [4.69, 9.17) is 0 Å². The number of nitrogens with one attached hydrogen (secondary N) is 1. The number of thioether (sulfide) groups is 1. The lowest BCUT2D eigenvalue weighted by molar-refractivity contribution is -0.134. The molecule has 0 bridgehead atoms. The van der Waals surface area contributed by atoms with Gasteiger partial charge in [-0.2, -0.15) is 11.8 Å². The minimum absolute atomic E-state index is 0.0767. The number of carbonyl (C=O) groups excluding carboxylic acids is 2. The molecule has 2 aliphatic rings. The molecule has 2 saturated heterocycles. The summed E-state index contributed by atoms with van der Waals surface area (Å²) >= 11 is 1.77. The number of fused-ring (bicyclic) bond motifs is 1. The Morgan fingerprint density at radius 2 is 1.80 bits per heavy atom. The van der Waals surface area contributed by atoms with Gasteiger partial charge in [0.2, 0.25) is 5.91 Å². The molecule has 2 amide bonds. The molecule has 5 nitrogen and oxygen atoms in total. The normalized spacial score (nSPS) is 19.6. The molecule has 0 radical (unpaired) electrons. The minimum Gasteiger partial charge on any atom is -0.338 e. The van der Waals surface area contributed by atoms with Crippen LogP contribution in [0.3, 0.4) is 0 Å². The topological polar surface area (TPSA) is 52.7 Å². The van der Waals surface area contributed by atoms with Crippen LogP contribution in [0.4, 0.5) is 0 Å². The summed E-state index contributed by atoms with van der Waals surface area (Å²) < 4.78 is 0. The second-order valence-electron chi connectivity index (χ2n) is 9.78. The molecule has 3 aromatic carbocycles. The lowest BCUT2D eigenvalue weighted by Crippen LogP contribution is -2.59. The Bertz CT molecular complexity index is 1240. The van der Waals surface area contributed by atoms with Gasteiger partial charge in [-0.05, 0) is 59.9 Å². The Morgan fingerprint density at radius 1 is 1.03 bits per heavy atom. The maximum absolute atomic E-state index is 13.6. The Hall–Kier alpha value is -2.83. The zero-order valence-corrected chi connectivity index (χ0v) is 21.3. The van der Waals surface area contributed by atoms with E-state index >= 15 is 0 Å². The van der Waals surface area contributed by atoms with Crippen molar-refractivity contribution in [2.45, 2.75) is 44.4 Å². The molecule has 3 aromatic rings. The molecule has 0 saturated carbocycles. The van der Waals surface area contributed by atoms with E-state index in [0.29, 0.717) is 19.6 Å². The van der Waals surface area contributed by atoms with Crippen LogP contribution < -0.4 is 5.32 Å². The molecule has 1 N–H and O–H groups in total. The lowest BCUT2D eigenvalue weighted by atomic mass is 9.94. The van der Waals surface area contributed by atoms with Crippen molar-refractivity contribution in [3.63, 3.8) is 0 Å². The third-order valence-electron chi connectivity index (χ3n) is 7.43. The first-order valence-electron chi connectivity index (χ1n) is 12.4. The average molecular weight is 488 g/mol. The van der Waals surface area contributed by atoms with E-state index in [1.807, 2.05) is 42.2 Å². The van der Waals surface area contributed by atoms with E-state index < -0.39 is 5.66 Å². The molecule has 182 valence electrons. The highest BCUT2D eigenvalue weighted by Gasteiger charge is 2.51. The smallest absolute Gasteiger partial charge is 0.253 e. The van der Waals surface area contributed by atoms with Crippen LogP contribution in [0.25, 0.3) is 10.8 Å². The van der Waals surface area contributed by atoms with E-state index in [1.165, 1.54) is 10.8 Å². The largest absolute Gasteiger partial charge is 0.338 e. The molecule has 0 aromatic heterocycles. The number of likely N-dealkylation sites (tertiary alicyclic amines) is 1. The van der Waals surface area contributed by atoms with Gasteiger partial charge in [0.15, 0.2) is 0 Å². The van der Waals surface area contributed by atoms with Gasteiger partial charge in [0.1, 0.15) is 0 Å². The summed E-state index contributed by atoms with van der Waals surface area (Å²) in [4.78, 5) is 30.8. The van der Waals surface area contributed by atoms with Crippen molar-refractivity contribution in [3.8, 4) is 0 Å². The predicted molar refractivity (Wildman–Crippen MR) is 143 cm³/mol. The Balaban J connectivity index is 1.37. The van der Waals surface area contributed by atoms with Crippen LogP contribution in [0.2, 0.25) is 0 Å². The number of hydrogen-bond donors (Lipinski definition) is 1. The van der Waals surface area contributed by atoms with Gasteiger partial charge in [0.25, 0.3) is 5.91 Å². The fourth-order valence-electron chi connectivity index (χ4n) is 5.50. The van der Waals surface area contributed by atoms with Gasteiger partial charge in [-0.15, -0.1) is 0 Å². The highest BCUT2D eigenvalue weighted by molar-refractivity contribution is 7.98. The Kier molecular flexibility index (Phi) is 6.85. The van der Waals surface area contributed by atoms with Crippen LogP contribution in [-0.2, 0) is 11.3 Å². The van der Waals surface area contributed by atoms with Gasteiger partial charge in [0.05, 0.1) is 11.7 Å². The fraction of sp³-hybridized carbons (Fsp3) is 0.379. The van der Waals surface area contributed by atoms with Crippen LogP contribution in [0.15, 0.2) is 66.7 Å². The summed E-state index contributed by atoms with van der Waals surface area (Å²) in [5.74, 6) is 1.21. The number of benzene rings is 3. The fourth-order valence-corrected chi connectivity index (χ4v) is 5.97. The molecular formula is C29H33N3O2S. The van der Waals surface area contributed by atoms with Crippen molar-refractivity contribution in [2.24, 2.45) is 0 Å². The standard InChI is InChI=1S/C29H33N3O2S/c1-21-6-5-9-25(18-21)27(33)31-15-13-29(14-16-31)30-26(12-17-35-2)28(34)32(29)20-22-10-11-23-7-3-4-8-24(23)19-22/h3-11,18-19,26,30H,12-17,20H2,1-2H3. The van der Waals surface area contributed by atoms with Crippen LogP contribution in [0.5, 0.6) is 0 Å². The van der Waals surface area contributed by atoms with Gasteiger partial charge in [-0.3, -0.25) is 14.9 Å². The molecule has 1 unspecified atom stereocenters. The van der Waals surface area contributed by atoms with E-state index in [2.05, 4.69) is 52.9 Å². The maximum Gasteiger partial charge on any atom is 0.253 e. The first-order valence-corrected chi connectivity index (χ1v) is 13.8. The van der Waals surface area contributed by atoms with Gasteiger partial charge in [0, 0.05) is 38.0 Å². The molecule has 35 heavy (non-hydrogen) atoms. The van der Waals surface area contributed by atoms with E-state index in [9.17, 15) is 9.59 Å². The predicted octanol–water partition coefficient (Wildman–Crippen LogP) is 4.83. The van der Waals surface area contributed by atoms with Crippen molar-refractivity contribution in [2.75, 3.05) is 25.1 Å². The second kappa shape index (κ2) is 10.0. The van der Waals surface area contributed by atoms with E-state index in [-0.39, 0.29) is 17.9 Å². The van der Waals surface area contributed by atoms with Crippen molar-refractivity contribution in [1.82, 2.24) is 15.1 Å². The van der Waals surface area contributed by atoms with Gasteiger partial charge in [-0.1, -0.05) is 54.1 Å². The number of amides is 2. The highest BCUT2D eigenvalue weighted by Crippen LogP contribution is 2.35. The summed E-state index contributed by atoms with van der Waals surface area (Å²) in [5.41, 5.74) is 2.56. The summed E-state index contributed by atoms with van der Waals surface area (Å²) in [5, 5.41) is 6.13. The number of carbonyl (C=O) groups is 2. The number of hydrogen-bond acceptors (Lipinski definition) is 4. The number of nitrogens with zero attached hydrogens (tertiary/aromatic N) is 2. The molecule has 2 fully saturated rings. The lowest BCUT2D eigenvalue weighted by Gasteiger charge is -2.44. The average Bonchev–Trinajstić information content (AvgIpc) is 3.13. The van der Waals surface area contributed by atoms with Crippen molar-refractivity contribution < 1.29 is 9.59 Å². The molecule has 0 aliphatic carbocycles. The molecule has 5 rings (SSSR count). The summed E-state index contributed by atoms with van der Waals surface area (Å²) in [6.45, 7) is 3.86. The van der Waals surface area contributed by atoms with Crippen molar-refractivity contribution in [3.05, 3.63) is 83.4 Å². The summed E-state index contributed by atoms with van der Waals surface area (Å²) in [6.07, 6.45) is 4.37. The van der Waals surface area contributed by atoms with Crippen LogP contribution in [0.1, 0.15) is 40.7 Å². The Morgan fingerprint density at radius 3 is 2.54 bits per heavy atom. The van der Waals surface area contributed by atoms with Crippen LogP contribution in [-0.4, -0.2) is 58.4 Å². The van der Waals surface area contributed by atoms with Crippen molar-refractivity contribution >= 4 is 34.3 Å². The molecule has 2 heterocycles.